The van der Waals surface area contributed by atoms with Crippen LogP contribution in [0.1, 0.15) is 0 Å². The van der Waals surface area contributed by atoms with Crippen LogP contribution in [0.5, 0.6) is 0 Å². The summed E-state index contributed by atoms with van der Waals surface area (Å²) < 4.78 is 0. The number of carboxylic acid groups (broad SMARTS) is 1. The highest BCUT2D eigenvalue weighted by Crippen LogP contribution is 2.24. The van der Waals surface area contributed by atoms with Crippen molar-refractivity contribution in [2.45, 2.75) is 0 Å². The predicted molar refractivity (Wildman–Crippen MR) is 57.0 cm³/mol. The summed E-state index contributed by atoms with van der Waals surface area (Å²) in [6, 6.07) is 3.65. The molecule has 0 fully saturated rings. The lowest BCUT2D eigenvalue weighted by Crippen LogP contribution is -2.07. The second-order valence-corrected chi connectivity index (χ2v) is 3.56. The molecule has 0 unspecified atom stereocenters. The van der Waals surface area contributed by atoms with Crippen LogP contribution in [0.15, 0.2) is 29.9 Å². The fourth-order valence-electron chi connectivity index (χ4n) is 1.07. The van der Waals surface area contributed by atoms with E-state index in [0.29, 0.717) is 5.82 Å². The third-order valence-corrected chi connectivity index (χ3v) is 2.56. The summed E-state index contributed by atoms with van der Waals surface area (Å²) in [5.41, 5.74) is 0.924. The van der Waals surface area contributed by atoms with Crippen LogP contribution in [0.3, 0.4) is 0 Å². The second-order valence-electron chi connectivity index (χ2n) is 2.70. The van der Waals surface area contributed by atoms with Crippen LogP contribution in [0.2, 0.25) is 0 Å². The fraction of sp³-hybridized carbons (Fsp3) is 0. The third kappa shape index (κ3) is 2.29. The minimum absolute atomic E-state index is 0.347. The molecular weight excluding hydrogens is 214 g/mol. The molecule has 5 nitrogen and oxygen atoms in total. The molecule has 2 N–H and O–H groups in total. The van der Waals surface area contributed by atoms with Gasteiger partial charge in [-0.15, -0.1) is 11.3 Å². The van der Waals surface area contributed by atoms with Crippen LogP contribution in [-0.4, -0.2) is 21.2 Å². The third-order valence-electron chi connectivity index (χ3n) is 1.67. The smallest absolute Gasteiger partial charge is 0.410 e. The first-order valence-corrected chi connectivity index (χ1v) is 4.99. The van der Waals surface area contributed by atoms with E-state index >= 15 is 0 Å². The van der Waals surface area contributed by atoms with Gasteiger partial charge >= 0.3 is 6.09 Å². The van der Waals surface area contributed by atoms with E-state index in [1.54, 1.807) is 17.8 Å². The van der Waals surface area contributed by atoms with E-state index in [9.17, 15) is 4.79 Å². The molecule has 0 radical (unpaired) electrons. The van der Waals surface area contributed by atoms with E-state index in [0.717, 1.165) is 10.6 Å². The van der Waals surface area contributed by atoms with E-state index < -0.39 is 6.09 Å². The van der Waals surface area contributed by atoms with Gasteiger partial charge in [0.2, 0.25) is 0 Å². The largest absolute Gasteiger partial charge is 0.465 e. The highest BCUT2D eigenvalue weighted by Gasteiger charge is 2.05. The first-order valence-electron chi connectivity index (χ1n) is 4.11. The molecular formula is C9H7N3O2S. The number of hydrogen-bond acceptors (Lipinski definition) is 4. The predicted octanol–water partition coefficient (Wildman–Crippen LogP) is 2.29. The summed E-state index contributed by atoms with van der Waals surface area (Å²) in [5.74, 6) is 0.347. The van der Waals surface area contributed by atoms with Gasteiger partial charge in [0.25, 0.3) is 0 Å². The van der Waals surface area contributed by atoms with E-state index in [1.165, 1.54) is 11.3 Å². The zero-order valence-corrected chi connectivity index (χ0v) is 8.36. The van der Waals surface area contributed by atoms with Crippen molar-refractivity contribution in [3.05, 3.63) is 29.9 Å². The average Bonchev–Trinajstić information content (AvgIpc) is 2.67. The fourth-order valence-corrected chi connectivity index (χ4v) is 1.83. The van der Waals surface area contributed by atoms with E-state index in [-0.39, 0.29) is 0 Å². The second kappa shape index (κ2) is 4.05. The summed E-state index contributed by atoms with van der Waals surface area (Å²) in [4.78, 5) is 18.4. The maximum atomic E-state index is 10.4. The Kier molecular flexibility index (Phi) is 2.59. The molecule has 0 aliphatic carbocycles. The molecule has 0 aliphatic rings. The van der Waals surface area contributed by atoms with Crippen molar-refractivity contribution in [2.75, 3.05) is 5.32 Å². The van der Waals surface area contributed by atoms with Gasteiger partial charge in [-0.25, -0.2) is 9.78 Å². The molecule has 0 atom stereocenters. The number of carbonyl (C=O) groups is 1. The molecule has 0 spiro atoms. The van der Waals surface area contributed by atoms with Crippen LogP contribution < -0.4 is 5.32 Å². The summed E-state index contributed by atoms with van der Waals surface area (Å²) in [5, 5.41) is 13.1. The molecule has 2 heterocycles. The number of anilines is 1. The molecule has 6 heteroatoms. The van der Waals surface area contributed by atoms with Gasteiger partial charge in [-0.05, 0) is 12.1 Å². The van der Waals surface area contributed by atoms with Crippen LogP contribution in [0.25, 0.3) is 10.6 Å². The quantitative estimate of drug-likeness (QED) is 0.815. The number of thiazole rings is 1. The van der Waals surface area contributed by atoms with E-state index in [2.05, 4.69) is 15.3 Å². The Morgan fingerprint density at radius 3 is 2.80 bits per heavy atom. The highest BCUT2D eigenvalue weighted by atomic mass is 32.1. The Bertz CT molecular complexity index is 469. The number of aromatic nitrogens is 2. The molecule has 2 aromatic rings. The van der Waals surface area contributed by atoms with Crippen LogP contribution >= 0.6 is 11.3 Å². The highest BCUT2D eigenvalue weighted by molar-refractivity contribution is 7.13. The van der Waals surface area contributed by atoms with Crippen molar-refractivity contribution >= 4 is 23.2 Å². The van der Waals surface area contributed by atoms with Crippen molar-refractivity contribution in [1.82, 2.24) is 9.97 Å². The van der Waals surface area contributed by atoms with E-state index in [4.69, 9.17) is 5.11 Å². The minimum atomic E-state index is -1.11. The summed E-state index contributed by atoms with van der Waals surface area (Å²) in [6.07, 6.45) is 2.23. The maximum Gasteiger partial charge on any atom is 0.410 e. The van der Waals surface area contributed by atoms with Gasteiger partial charge < -0.3 is 5.11 Å². The number of rotatable bonds is 2. The molecule has 15 heavy (non-hydrogen) atoms. The Morgan fingerprint density at radius 1 is 1.40 bits per heavy atom. The molecule has 2 aromatic heterocycles. The molecule has 0 aliphatic heterocycles. The van der Waals surface area contributed by atoms with Gasteiger partial charge in [-0.1, -0.05) is 0 Å². The Hall–Kier alpha value is -1.95. The molecule has 0 saturated carbocycles. The van der Waals surface area contributed by atoms with Gasteiger partial charge in [0.05, 0.1) is 0 Å². The van der Waals surface area contributed by atoms with Gasteiger partial charge in [0.1, 0.15) is 10.8 Å². The standard InChI is InChI=1S/C9H7N3O2S/c13-9(14)12-7-5-15-8(11-7)6-1-3-10-4-2-6/h1-5,12H,(H,13,14). The van der Waals surface area contributed by atoms with Crippen molar-refractivity contribution in [2.24, 2.45) is 0 Å². The first kappa shape index (κ1) is 9.60. The average molecular weight is 221 g/mol. The lowest BCUT2D eigenvalue weighted by atomic mass is 10.3. The van der Waals surface area contributed by atoms with Crippen LogP contribution in [0, 0.1) is 0 Å². The van der Waals surface area contributed by atoms with Crippen molar-refractivity contribution in [3.63, 3.8) is 0 Å². The van der Waals surface area contributed by atoms with Crippen LogP contribution in [-0.2, 0) is 0 Å². The summed E-state index contributed by atoms with van der Waals surface area (Å²) in [6.45, 7) is 0. The Labute approximate surface area is 89.4 Å². The molecule has 76 valence electrons. The first-order chi connectivity index (χ1) is 7.25. The number of amides is 1. The number of nitrogens with zero attached hydrogens (tertiary/aromatic N) is 2. The SMILES string of the molecule is O=C(O)Nc1csc(-c2ccncc2)n1. The van der Waals surface area contributed by atoms with Gasteiger partial charge in [-0.3, -0.25) is 10.3 Å². The van der Waals surface area contributed by atoms with E-state index in [1.807, 2.05) is 12.1 Å². The Balaban J connectivity index is 2.24. The molecule has 0 saturated heterocycles. The monoisotopic (exact) mass is 221 g/mol. The van der Waals surface area contributed by atoms with Crippen LogP contribution in [0.4, 0.5) is 10.6 Å². The zero-order valence-electron chi connectivity index (χ0n) is 7.54. The van der Waals surface area contributed by atoms with Crippen molar-refractivity contribution < 1.29 is 9.90 Å². The molecule has 2 rings (SSSR count). The number of pyridine rings is 1. The Morgan fingerprint density at radius 2 is 2.13 bits per heavy atom. The number of hydrogen-bond donors (Lipinski definition) is 2. The lowest BCUT2D eigenvalue weighted by Gasteiger charge is -1.94. The van der Waals surface area contributed by atoms with Gasteiger partial charge in [0.15, 0.2) is 0 Å². The summed E-state index contributed by atoms with van der Waals surface area (Å²) in [7, 11) is 0. The minimum Gasteiger partial charge on any atom is -0.465 e. The van der Waals surface area contributed by atoms with Gasteiger partial charge in [-0.2, -0.15) is 0 Å². The molecule has 0 bridgehead atoms. The lowest BCUT2D eigenvalue weighted by molar-refractivity contribution is 0.209. The normalized spacial score (nSPS) is 9.87. The number of nitrogens with one attached hydrogen (secondary N) is 1. The zero-order chi connectivity index (χ0) is 10.7. The van der Waals surface area contributed by atoms with Crippen molar-refractivity contribution in [3.8, 4) is 10.6 Å². The maximum absolute atomic E-state index is 10.4. The molecule has 0 aromatic carbocycles. The molecule has 1 amide bonds. The summed E-state index contributed by atoms with van der Waals surface area (Å²) >= 11 is 1.38. The van der Waals surface area contributed by atoms with Gasteiger partial charge in [0, 0.05) is 23.3 Å². The van der Waals surface area contributed by atoms with Crippen molar-refractivity contribution in [1.29, 1.82) is 0 Å². The topological polar surface area (TPSA) is 75.1 Å².